The summed E-state index contributed by atoms with van der Waals surface area (Å²) >= 11 is 0. The Morgan fingerprint density at radius 1 is 1.48 bits per heavy atom. The number of nitrogens with two attached hydrogens (primary N) is 1. The number of nitrogens with zero attached hydrogens (tertiary/aromatic N) is 2. The summed E-state index contributed by atoms with van der Waals surface area (Å²) in [7, 11) is 0. The van der Waals surface area contributed by atoms with Crippen molar-refractivity contribution < 1.29 is 14.1 Å². The number of nitrogen functional groups attached to an aromatic ring is 1. The molecule has 0 radical (unpaired) electrons. The molecule has 2 aromatic rings. The zero-order chi connectivity index (χ0) is 15.1. The van der Waals surface area contributed by atoms with E-state index in [1.807, 2.05) is 0 Å². The Morgan fingerprint density at radius 3 is 3.05 bits per heavy atom. The molecular weight excluding hydrogens is 272 g/mol. The van der Waals surface area contributed by atoms with E-state index >= 15 is 0 Å². The maximum Gasteiger partial charge on any atom is 0.223 e. The number of carbonyl (C=O) groups excluding carboxylic acids is 1. The Hall–Kier alpha value is -2.57. The minimum absolute atomic E-state index is 0.0841. The standard InChI is InChI=1S/C14H18N4O3/c1-10-17-13(18-21-10)5-7-16-14(19)6-8-20-12-4-2-3-11(15)9-12/h2-4,9H,5-8,15H2,1H3,(H,16,19). The molecule has 0 aliphatic rings. The fourth-order valence-electron chi connectivity index (χ4n) is 1.71. The van der Waals surface area contributed by atoms with Crippen LogP contribution < -0.4 is 15.8 Å². The number of rotatable bonds is 7. The summed E-state index contributed by atoms with van der Waals surface area (Å²) in [6.45, 7) is 2.50. The van der Waals surface area contributed by atoms with Crippen molar-refractivity contribution in [2.24, 2.45) is 0 Å². The first-order chi connectivity index (χ1) is 10.1. The number of hydrogen-bond acceptors (Lipinski definition) is 6. The molecule has 21 heavy (non-hydrogen) atoms. The van der Waals surface area contributed by atoms with Crippen molar-refractivity contribution in [1.82, 2.24) is 15.5 Å². The van der Waals surface area contributed by atoms with Crippen molar-refractivity contribution in [1.29, 1.82) is 0 Å². The number of ether oxygens (including phenoxy) is 1. The molecule has 1 heterocycles. The monoisotopic (exact) mass is 290 g/mol. The highest BCUT2D eigenvalue weighted by Gasteiger charge is 2.05. The van der Waals surface area contributed by atoms with Gasteiger partial charge in [-0.3, -0.25) is 4.79 Å². The molecule has 112 valence electrons. The van der Waals surface area contributed by atoms with Crippen LogP contribution in [0.4, 0.5) is 5.69 Å². The average molecular weight is 290 g/mol. The third kappa shape index (κ3) is 5.13. The van der Waals surface area contributed by atoms with Crippen LogP contribution in [0.2, 0.25) is 0 Å². The molecule has 0 aliphatic carbocycles. The third-order valence-electron chi connectivity index (χ3n) is 2.70. The van der Waals surface area contributed by atoms with Gasteiger partial charge < -0.3 is 20.3 Å². The lowest BCUT2D eigenvalue weighted by Gasteiger charge is -2.07. The highest BCUT2D eigenvalue weighted by atomic mass is 16.5. The van der Waals surface area contributed by atoms with Gasteiger partial charge >= 0.3 is 0 Å². The van der Waals surface area contributed by atoms with Gasteiger partial charge in [-0.1, -0.05) is 11.2 Å². The number of aryl methyl sites for hydroxylation is 1. The molecule has 0 fully saturated rings. The Bertz CT molecular complexity index is 597. The van der Waals surface area contributed by atoms with Crippen LogP contribution in [0.25, 0.3) is 0 Å². The molecule has 0 saturated heterocycles. The topological polar surface area (TPSA) is 103 Å². The van der Waals surface area contributed by atoms with Gasteiger partial charge in [0.2, 0.25) is 11.8 Å². The first kappa shape index (κ1) is 14.8. The number of nitrogens with one attached hydrogen (secondary N) is 1. The number of amides is 1. The van der Waals surface area contributed by atoms with Crippen LogP contribution in [0.1, 0.15) is 18.1 Å². The predicted octanol–water partition coefficient (Wildman–Crippen LogP) is 1.09. The van der Waals surface area contributed by atoms with Gasteiger partial charge in [0.25, 0.3) is 0 Å². The summed E-state index contributed by atoms with van der Waals surface area (Å²) in [6, 6.07) is 7.10. The molecule has 1 aromatic heterocycles. The highest BCUT2D eigenvalue weighted by molar-refractivity contribution is 5.75. The van der Waals surface area contributed by atoms with Crippen LogP contribution >= 0.6 is 0 Å². The molecule has 0 unspecified atom stereocenters. The van der Waals surface area contributed by atoms with E-state index in [1.54, 1.807) is 31.2 Å². The van der Waals surface area contributed by atoms with Crippen LogP contribution in [0, 0.1) is 6.92 Å². The van der Waals surface area contributed by atoms with Crippen LogP contribution in [-0.2, 0) is 11.2 Å². The summed E-state index contributed by atoms with van der Waals surface area (Å²) < 4.78 is 10.3. The normalized spacial score (nSPS) is 10.3. The molecule has 0 aliphatic heterocycles. The van der Waals surface area contributed by atoms with Gasteiger partial charge in [-0.25, -0.2) is 0 Å². The van der Waals surface area contributed by atoms with Crippen molar-refractivity contribution in [2.45, 2.75) is 19.8 Å². The molecule has 1 amide bonds. The van der Waals surface area contributed by atoms with Crippen molar-refractivity contribution in [3.63, 3.8) is 0 Å². The largest absolute Gasteiger partial charge is 0.493 e. The molecular formula is C14H18N4O3. The number of hydrogen-bond donors (Lipinski definition) is 2. The van der Waals surface area contributed by atoms with E-state index in [4.69, 9.17) is 15.0 Å². The van der Waals surface area contributed by atoms with Crippen LogP contribution in [0.5, 0.6) is 5.75 Å². The Morgan fingerprint density at radius 2 is 2.33 bits per heavy atom. The molecule has 2 rings (SSSR count). The fourth-order valence-corrected chi connectivity index (χ4v) is 1.71. The maximum atomic E-state index is 11.6. The molecule has 3 N–H and O–H groups in total. The highest BCUT2D eigenvalue weighted by Crippen LogP contribution is 2.14. The van der Waals surface area contributed by atoms with E-state index in [-0.39, 0.29) is 12.3 Å². The smallest absolute Gasteiger partial charge is 0.223 e. The van der Waals surface area contributed by atoms with Gasteiger partial charge in [0.05, 0.1) is 13.0 Å². The van der Waals surface area contributed by atoms with Gasteiger partial charge in [0, 0.05) is 31.6 Å². The van der Waals surface area contributed by atoms with Crippen molar-refractivity contribution in [3.05, 3.63) is 36.0 Å². The molecule has 7 heteroatoms. The number of anilines is 1. The van der Waals surface area contributed by atoms with Gasteiger partial charge in [0.1, 0.15) is 5.75 Å². The molecule has 0 bridgehead atoms. The lowest BCUT2D eigenvalue weighted by molar-refractivity contribution is -0.121. The maximum absolute atomic E-state index is 11.6. The lowest BCUT2D eigenvalue weighted by Crippen LogP contribution is -2.27. The molecule has 0 atom stereocenters. The molecule has 0 spiro atoms. The van der Waals surface area contributed by atoms with Crippen molar-refractivity contribution >= 4 is 11.6 Å². The SMILES string of the molecule is Cc1nc(CCNC(=O)CCOc2cccc(N)c2)no1. The van der Waals surface area contributed by atoms with Gasteiger partial charge in [0.15, 0.2) is 5.82 Å². The number of aromatic nitrogens is 2. The average Bonchev–Trinajstić information content (AvgIpc) is 2.84. The predicted molar refractivity (Wildman–Crippen MR) is 76.7 cm³/mol. The summed E-state index contributed by atoms with van der Waals surface area (Å²) in [6.07, 6.45) is 0.819. The van der Waals surface area contributed by atoms with E-state index in [2.05, 4.69) is 15.5 Å². The molecule has 0 saturated carbocycles. The molecule has 7 nitrogen and oxygen atoms in total. The Labute approximate surface area is 122 Å². The quantitative estimate of drug-likeness (QED) is 0.740. The van der Waals surface area contributed by atoms with Crippen molar-refractivity contribution in [3.8, 4) is 5.75 Å². The summed E-state index contributed by atoms with van der Waals surface area (Å²) in [4.78, 5) is 15.7. The van der Waals surface area contributed by atoms with Gasteiger partial charge in [-0.05, 0) is 12.1 Å². The van der Waals surface area contributed by atoms with E-state index in [0.29, 0.717) is 42.7 Å². The lowest BCUT2D eigenvalue weighted by atomic mass is 10.3. The van der Waals surface area contributed by atoms with E-state index in [1.165, 1.54) is 0 Å². The second-order valence-electron chi connectivity index (χ2n) is 4.50. The van der Waals surface area contributed by atoms with Gasteiger partial charge in [-0.2, -0.15) is 4.98 Å². The van der Waals surface area contributed by atoms with Crippen LogP contribution in [0.15, 0.2) is 28.8 Å². The van der Waals surface area contributed by atoms with E-state index in [0.717, 1.165) is 0 Å². The minimum atomic E-state index is -0.0841. The Kier molecular flexibility index (Phi) is 5.14. The number of benzene rings is 1. The zero-order valence-corrected chi connectivity index (χ0v) is 11.8. The van der Waals surface area contributed by atoms with E-state index in [9.17, 15) is 4.79 Å². The zero-order valence-electron chi connectivity index (χ0n) is 11.8. The Balaban J connectivity index is 1.61. The van der Waals surface area contributed by atoms with Crippen LogP contribution in [0.3, 0.4) is 0 Å². The fraction of sp³-hybridized carbons (Fsp3) is 0.357. The van der Waals surface area contributed by atoms with Crippen molar-refractivity contribution in [2.75, 3.05) is 18.9 Å². The van der Waals surface area contributed by atoms with Gasteiger partial charge in [-0.15, -0.1) is 0 Å². The molecule has 1 aromatic carbocycles. The first-order valence-electron chi connectivity index (χ1n) is 6.68. The minimum Gasteiger partial charge on any atom is -0.493 e. The van der Waals surface area contributed by atoms with E-state index < -0.39 is 0 Å². The third-order valence-corrected chi connectivity index (χ3v) is 2.70. The first-order valence-corrected chi connectivity index (χ1v) is 6.68. The second-order valence-corrected chi connectivity index (χ2v) is 4.50. The summed E-state index contributed by atoms with van der Waals surface area (Å²) in [5.74, 6) is 1.68. The second kappa shape index (κ2) is 7.28. The van der Waals surface area contributed by atoms with Crippen LogP contribution in [-0.4, -0.2) is 29.2 Å². The number of carbonyl (C=O) groups is 1. The summed E-state index contributed by atoms with van der Waals surface area (Å²) in [5.41, 5.74) is 6.27. The summed E-state index contributed by atoms with van der Waals surface area (Å²) in [5, 5.41) is 6.52.